The van der Waals surface area contributed by atoms with Gasteiger partial charge in [0.05, 0.1) is 11.4 Å². The summed E-state index contributed by atoms with van der Waals surface area (Å²) in [6, 6.07) is 69.5. The van der Waals surface area contributed by atoms with Crippen LogP contribution in [0.4, 0.5) is 51.2 Å². The van der Waals surface area contributed by atoms with Crippen molar-refractivity contribution >= 4 is 95.0 Å². The van der Waals surface area contributed by atoms with Crippen LogP contribution in [0.3, 0.4) is 0 Å². The Bertz CT molecular complexity index is 4590. The maximum absolute atomic E-state index is 9.58. The number of thiophene rings is 1. The minimum absolute atomic E-state index is 0.000412. The number of rotatable bonds is 6. The molecule has 446 valence electrons. The van der Waals surface area contributed by atoms with Crippen LogP contribution in [0.5, 0.6) is 0 Å². The molecule has 0 saturated heterocycles. The average Bonchev–Trinajstić information content (AvgIpc) is 1.39. The molecule has 0 amide bonds. The maximum Gasteiger partial charge on any atom is 0.264 e. The van der Waals surface area contributed by atoms with E-state index in [0.717, 1.165) is 81.5 Å². The lowest BCUT2D eigenvalue weighted by molar-refractivity contribution is 0.327. The van der Waals surface area contributed by atoms with E-state index in [4.69, 9.17) is 0 Å². The van der Waals surface area contributed by atoms with E-state index in [1.807, 2.05) is 17.4 Å². The summed E-state index contributed by atoms with van der Waals surface area (Å²) in [5.41, 5.74) is 26.4. The van der Waals surface area contributed by atoms with Crippen molar-refractivity contribution in [3.05, 3.63) is 226 Å². The summed E-state index contributed by atoms with van der Waals surface area (Å²) in [5, 5.41) is 1.22. The Morgan fingerprint density at radius 2 is 1.09 bits per heavy atom. The van der Waals surface area contributed by atoms with Gasteiger partial charge in [0, 0.05) is 69.8 Å². The lowest BCUT2D eigenvalue weighted by Gasteiger charge is -2.44. The van der Waals surface area contributed by atoms with E-state index in [0.29, 0.717) is 17.4 Å². The molecule has 3 heterocycles. The van der Waals surface area contributed by atoms with Gasteiger partial charge in [0.1, 0.15) is 0 Å². The monoisotopic (exact) mass is 1180 g/mol. The number of anilines is 9. The third kappa shape index (κ3) is 8.62. The van der Waals surface area contributed by atoms with E-state index in [-0.39, 0.29) is 39.2 Å². The van der Waals surface area contributed by atoms with Crippen LogP contribution < -0.4 is 30.4 Å². The highest BCUT2D eigenvalue weighted by atomic mass is 32.1. The molecule has 5 heteroatoms. The smallest absolute Gasteiger partial charge is 0.264 e. The topological polar surface area (TPSA) is 9.72 Å². The van der Waals surface area contributed by atoms with Crippen molar-refractivity contribution in [2.24, 2.45) is 11.8 Å². The molecule has 9 aromatic carbocycles. The number of benzene rings is 9. The Morgan fingerprint density at radius 3 is 1.67 bits per heavy atom. The number of hydrogen-bond donors (Lipinski definition) is 0. The van der Waals surface area contributed by atoms with Gasteiger partial charge in [0.15, 0.2) is 0 Å². The Kier molecular flexibility index (Phi) is 11.6. The third-order valence-electron chi connectivity index (χ3n) is 22.4. The first-order valence-corrected chi connectivity index (χ1v) is 33.9. The molecule has 1 spiro atoms. The van der Waals surface area contributed by atoms with Crippen LogP contribution in [0, 0.1) is 18.7 Å². The quantitative estimate of drug-likeness (QED) is 0.154. The van der Waals surface area contributed by atoms with Gasteiger partial charge in [-0.25, -0.2) is 0 Å². The van der Waals surface area contributed by atoms with Gasteiger partial charge in [-0.05, 0) is 229 Å². The molecule has 4 aliphatic carbocycles. The van der Waals surface area contributed by atoms with Crippen molar-refractivity contribution < 1.29 is 4.11 Å². The molecule has 6 aliphatic rings. The van der Waals surface area contributed by atoms with Crippen LogP contribution in [0.25, 0.3) is 32.3 Å². The largest absolute Gasteiger partial charge is 0.311 e. The fourth-order valence-electron chi connectivity index (χ4n) is 17.4. The Morgan fingerprint density at radius 1 is 0.528 bits per heavy atom. The summed E-state index contributed by atoms with van der Waals surface area (Å²) in [6.07, 6.45) is 7.20. The van der Waals surface area contributed by atoms with Gasteiger partial charge in [-0.2, -0.15) is 0 Å². The number of hydrogen-bond acceptors (Lipinski definition) is 4. The molecule has 2 saturated carbocycles. The zero-order valence-electron chi connectivity index (χ0n) is 57.5. The fraction of sp³-hybridized carbons (Fsp3) is 0.333. The van der Waals surface area contributed by atoms with E-state index in [2.05, 4.69) is 281 Å². The minimum Gasteiger partial charge on any atom is -0.311 e. The zero-order valence-corrected chi connectivity index (χ0v) is 55.4. The Labute approximate surface area is 539 Å². The Hall–Kier alpha value is -7.60. The molecule has 3 atom stereocenters. The molecular weight excluding hydrogens is 1090 g/mol. The van der Waals surface area contributed by atoms with Crippen molar-refractivity contribution in [2.45, 2.75) is 168 Å². The zero-order chi connectivity index (χ0) is 64.1. The van der Waals surface area contributed by atoms with E-state index >= 15 is 0 Å². The minimum atomic E-state index is -2.44. The van der Waals surface area contributed by atoms with Crippen LogP contribution >= 0.6 is 11.3 Å². The molecule has 89 heavy (non-hydrogen) atoms. The van der Waals surface area contributed by atoms with Crippen LogP contribution in [-0.2, 0) is 32.5 Å². The molecule has 2 aliphatic heterocycles. The molecule has 0 radical (unpaired) electrons. The van der Waals surface area contributed by atoms with Crippen LogP contribution in [0.1, 0.15) is 177 Å². The molecule has 16 rings (SSSR count). The lowest BCUT2D eigenvalue weighted by Crippen LogP contribution is -2.60. The predicted molar refractivity (Wildman–Crippen MR) is 384 cm³/mol. The molecule has 3 unspecified atom stereocenters. The molecule has 2 fully saturated rings. The van der Waals surface area contributed by atoms with Crippen molar-refractivity contribution in [3.8, 4) is 22.3 Å². The molecule has 3 nitrogen and oxygen atoms in total. The maximum atomic E-state index is 9.58. The summed E-state index contributed by atoms with van der Waals surface area (Å²) < 4.78 is 31.3. The number of aryl methyl sites for hydroxylation is 1. The van der Waals surface area contributed by atoms with Crippen molar-refractivity contribution in [2.75, 3.05) is 14.7 Å². The highest BCUT2D eigenvalue weighted by Gasteiger charge is 2.58. The van der Waals surface area contributed by atoms with E-state index in [9.17, 15) is 4.11 Å². The first-order valence-electron chi connectivity index (χ1n) is 34.6. The summed E-state index contributed by atoms with van der Waals surface area (Å²) >= 11 is 1.94. The highest BCUT2D eigenvalue weighted by molar-refractivity contribution is 7.33. The second-order valence-corrected chi connectivity index (χ2v) is 32.9. The predicted octanol–water partition coefficient (Wildman–Crippen LogP) is 21.8. The van der Waals surface area contributed by atoms with Crippen LogP contribution in [0.15, 0.2) is 182 Å². The average molecular weight is 1180 g/mol. The summed E-state index contributed by atoms with van der Waals surface area (Å²) in [6.45, 7) is 27.6. The summed E-state index contributed by atoms with van der Waals surface area (Å²) in [4.78, 5) is 7.46. The second kappa shape index (κ2) is 19.5. The molecule has 2 bridgehead atoms. The Balaban J connectivity index is 0.998. The van der Waals surface area contributed by atoms with Gasteiger partial charge in [-0.15, -0.1) is 11.3 Å². The molecule has 10 aromatic rings. The van der Waals surface area contributed by atoms with Gasteiger partial charge >= 0.3 is 0 Å². The molecule has 1 aromatic heterocycles. The van der Waals surface area contributed by atoms with Crippen molar-refractivity contribution in [1.29, 1.82) is 0 Å². The van der Waals surface area contributed by atoms with E-state index < -0.39 is 6.85 Å². The highest BCUT2D eigenvalue weighted by Crippen LogP contribution is 2.67. The first-order chi connectivity index (χ1) is 43.6. The fourth-order valence-corrected chi connectivity index (χ4v) is 18.8. The van der Waals surface area contributed by atoms with Gasteiger partial charge in [-0.1, -0.05) is 200 Å². The second-order valence-electron chi connectivity index (χ2n) is 31.9. The van der Waals surface area contributed by atoms with Crippen LogP contribution in [-0.4, -0.2) is 6.71 Å². The van der Waals surface area contributed by atoms with Crippen molar-refractivity contribution in [1.82, 2.24) is 0 Å². The molecular formula is C84H86BN3S. The SMILES string of the molecule is [2H]C([2H])([2H])c1cc2c3c(c1)N(c1ccc(-c4ccc(C(C)(C)C)cc4)cc1)c1c(sc4cc5c(cc14)C(C)(C)CCC5(C)C)B3c1ccc(N(c3ccc(C(C)(C)C)cc3)c3ccc(C(C)(C)C)cc3)cc1N2c1cccc2c1-c1ccccc1C21CC2CCC1C2. The molecule has 0 N–H and O–H groups in total. The van der Waals surface area contributed by atoms with Crippen molar-refractivity contribution in [3.63, 3.8) is 0 Å². The number of nitrogens with zero attached hydrogens (tertiary/aromatic N) is 3. The van der Waals surface area contributed by atoms with Gasteiger partial charge in [0.25, 0.3) is 6.71 Å². The number of fused-ring (bicyclic) bond motifs is 15. The van der Waals surface area contributed by atoms with Gasteiger partial charge < -0.3 is 14.7 Å². The summed E-state index contributed by atoms with van der Waals surface area (Å²) in [5.74, 6) is 1.28. The van der Waals surface area contributed by atoms with E-state index in [1.54, 1.807) is 0 Å². The lowest BCUT2D eigenvalue weighted by atomic mass is 9.36. The first kappa shape index (κ1) is 53.3. The van der Waals surface area contributed by atoms with E-state index in [1.165, 1.54) is 95.2 Å². The summed E-state index contributed by atoms with van der Waals surface area (Å²) in [7, 11) is 0. The standard InChI is InChI=1S/C84H86BN3S/c1-51-44-72-76-73(45-51)88(70-21-17-20-66-75(70)63-18-15-16-19-65(63)84(66)50-52-22-27-58(84)46-52)71-47-62(86(59-36-30-56(31-37-59)80(5,6)7)60-38-32-57(33-39-60)81(8,9)10)40-41-69(71)85(76)78-77(64-48-67-68(49-74(64)89-78)83(13,14)43-42-82(67,11)12)87(72)61-34-25-54(26-35-61)53-23-28-55(29-24-53)79(2,3)4/h15-21,23-26,28-41,44-45,47-49,52,58H,22,27,42-43,46,50H2,1-14H3/i1D3. The normalized spacial score (nSPS) is 20.6. The van der Waals surface area contributed by atoms with Crippen LogP contribution in [0.2, 0.25) is 0 Å². The van der Waals surface area contributed by atoms with Gasteiger partial charge in [-0.3, -0.25) is 0 Å². The van der Waals surface area contributed by atoms with Gasteiger partial charge in [0.2, 0.25) is 0 Å². The third-order valence-corrected chi connectivity index (χ3v) is 23.6.